The van der Waals surface area contributed by atoms with E-state index in [1.54, 1.807) is 11.0 Å². The van der Waals surface area contributed by atoms with Gasteiger partial charge in [0.25, 0.3) is 0 Å². The van der Waals surface area contributed by atoms with Crippen molar-refractivity contribution in [2.24, 2.45) is 11.8 Å². The van der Waals surface area contributed by atoms with Gasteiger partial charge in [-0.05, 0) is 37.5 Å². The van der Waals surface area contributed by atoms with Crippen LogP contribution in [0, 0.1) is 11.8 Å². The lowest BCUT2D eigenvalue weighted by Crippen LogP contribution is -2.64. The molecule has 4 nitrogen and oxygen atoms in total. The zero-order valence-electron chi connectivity index (χ0n) is 10.1. The molecule has 1 heterocycles. The third-order valence-electron chi connectivity index (χ3n) is 4.00. The highest BCUT2D eigenvalue weighted by Crippen LogP contribution is 2.40. The van der Waals surface area contributed by atoms with Crippen LogP contribution in [0.5, 0.6) is 0 Å². The van der Waals surface area contributed by atoms with Gasteiger partial charge in [-0.2, -0.15) is 0 Å². The van der Waals surface area contributed by atoms with E-state index in [2.05, 4.69) is 5.32 Å². The second-order valence-corrected chi connectivity index (χ2v) is 5.71. The molecular weight excluding hydrogens is 252 g/mol. The highest BCUT2D eigenvalue weighted by atomic mass is 35.5. The number of halogens is 1. The monoisotopic (exact) mass is 268 g/mol. The molecule has 0 aromatic rings. The Kier molecular flexibility index (Phi) is 3.06. The molecule has 98 valence electrons. The molecule has 0 bridgehead atoms. The lowest BCUT2D eigenvalue weighted by Gasteiger charge is -2.38. The van der Waals surface area contributed by atoms with Crippen LogP contribution in [-0.4, -0.2) is 35.3 Å². The summed E-state index contributed by atoms with van der Waals surface area (Å²) in [6.07, 6.45) is 5.91. The van der Waals surface area contributed by atoms with E-state index < -0.39 is 0 Å². The molecule has 1 saturated heterocycles. The van der Waals surface area contributed by atoms with Gasteiger partial charge in [0.2, 0.25) is 11.8 Å². The summed E-state index contributed by atoms with van der Waals surface area (Å²) in [5.41, 5.74) is 1.41. The Balaban J connectivity index is 1.80. The number of amides is 2. The third-order valence-corrected chi connectivity index (χ3v) is 4.18. The number of carbonyl (C=O) groups is 2. The van der Waals surface area contributed by atoms with Gasteiger partial charge in [-0.15, -0.1) is 0 Å². The van der Waals surface area contributed by atoms with Crippen molar-refractivity contribution >= 4 is 23.4 Å². The van der Waals surface area contributed by atoms with Gasteiger partial charge in [0.1, 0.15) is 12.1 Å². The number of hydrogen-bond acceptors (Lipinski definition) is 2. The van der Waals surface area contributed by atoms with E-state index >= 15 is 0 Å². The molecule has 5 heteroatoms. The minimum Gasteiger partial charge on any atom is -0.342 e. The van der Waals surface area contributed by atoms with Crippen LogP contribution in [0.2, 0.25) is 0 Å². The number of nitrogens with one attached hydrogen (secondary N) is 1. The van der Waals surface area contributed by atoms with E-state index in [0.29, 0.717) is 18.4 Å². The molecule has 0 radical (unpaired) electrons. The van der Waals surface area contributed by atoms with Crippen molar-refractivity contribution in [3.05, 3.63) is 11.6 Å². The topological polar surface area (TPSA) is 49.4 Å². The summed E-state index contributed by atoms with van der Waals surface area (Å²) < 4.78 is 0. The summed E-state index contributed by atoms with van der Waals surface area (Å²) in [5, 5.41) is 2.92. The zero-order valence-corrected chi connectivity index (χ0v) is 10.9. The van der Waals surface area contributed by atoms with Gasteiger partial charge in [-0.1, -0.05) is 17.7 Å². The van der Waals surface area contributed by atoms with Crippen molar-refractivity contribution in [3.8, 4) is 0 Å². The summed E-state index contributed by atoms with van der Waals surface area (Å²) >= 11 is 5.54. The molecule has 0 spiro atoms. The van der Waals surface area contributed by atoms with Crippen LogP contribution in [0.25, 0.3) is 0 Å². The molecule has 2 amide bonds. The first-order valence-electron chi connectivity index (χ1n) is 6.58. The Morgan fingerprint density at radius 3 is 2.44 bits per heavy atom. The second kappa shape index (κ2) is 4.57. The molecule has 1 N–H and O–H groups in total. The first kappa shape index (κ1) is 12.0. The normalized spacial score (nSPS) is 33.1. The van der Waals surface area contributed by atoms with Gasteiger partial charge < -0.3 is 10.2 Å². The first-order valence-corrected chi connectivity index (χ1v) is 7.02. The second-order valence-electron chi connectivity index (χ2n) is 5.46. The zero-order chi connectivity index (χ0) is 12.7. The molecule has 0 aromatic carbocycles. The number of hydrogen-bond donors (Lipinski definition) is 1. The molecule has 2 saturated carbocycles. The summed E-state index contributed by atoms with van der Waals surface area (Å²) in [5.74, 6) is 0.794. The van der Waals surface area contributed by atoms with Crippen molar-refractivity contribution in [2.45, 2.75) is 37.8 Å². The van der Waals surface area contributed by atoms with E-state index in [1.165, 1.54) is 5.54 Å². The average molecular weight is 269 g/mol. The van der Waals surface area contributed by atoms with Crippen LogP contribution in [0.1, 0.15) is 25.7 Å². The van der Waals surface area contributed by atoms with Gasteiger partial charge >= 0.3 is 0 Å². The molecule has 2 unspecified atom stereocenters. The standard InChI is InChI=1S/C13H17ClN2O2/c14-6-1-7-16-11(9-4-5-9)12(17)15-10(13(16)18)8-2-3-8/h1,6,8-11H,2-5,7H2,(H,15,17)/b6-1+. The fraction of sp³-hybridized carbons (Fsp3) is 0.692. The van der Waals surface area contributed by atoms with Crippen molar-refractivity contribution in [2.75, 3.05) is 6.54 Å². The van der Waals surface area contributed by atoms with Crippen LogP contribution in [-0.2, 0) is 9.59 Å². The first-order chi connectivity index (χ1) is 8.72. The molecule has 3 rings (SSSR count). The fourth-order valence-corrected chi connectivity index (χ4v) is 2.82. The molecule has 3 fully saturated rings. The van der Waals surface area contributed by atoms with E-state index in [0.717, 1.165) is 25.7 Å². The Labute approximate surface area is 111 Å². The maximum atomic E-state index is 12.4. The summed E-state index contributed by atoms with van der Waals surface area (Å²) in [4.78, 5) is 26.3. The number of carbonyl (C=O) groups excluding carboxylic acids is 2. The summed E-state index contributed by atoms with van der Waals surface area (Å²) in [7, 11) is 0. The number of piperazine rings is 1. The largest absolute Gasteiger partial charge is 0.342 e. The Morgan fingerprint density at radius 1 is 1.22 bits per heavy atom. The smallest absolute Gasteiger partial charge is 0.246 e. The maximum Gasteiger partial charge on any atom is 0.246 e. The molecule has 1 aliphatic heterocycles. The van der Waals surface area contributed by atoms with Gasteiger partial charge in [0, 0.05) is 12.1 Å². The Hall–Kier alpha value is -1.03. The lowest BCUT2D eigenvalue weighted by atomic mass is 10.0. The minimum absolute atomic E-state index is 0.0250. The predicted molar refractivity (Wildman–Crippen MR) is 67.9 cm³/mol. The molecule has 2 aliphatic carbocycles. The van der Waals surface area contributed by atoms with Gasteiger partial charge in [0.15, 0.2) is 0 Å². The van der Waals surface area contributed by atoms with Crippen LogP contribution < -0.4 is 5.32 Å². The number of nitrogens with zero attached hydrogens (tertiary/aromatic N) is 1. The average Bonchev–Trinajstić information content (AvgIpc) is 3.21. The van der Waals surface area contributed by atoms with Crippen molar-refractivity contribution in [1.29, 1.82) is 0 Å². The Morgan fingerprint density at radius 2 is 1.89 bits per heavy atom. The van der Waals surface area contributed by atoms with Crippen LogP contribution in [0.3, 0.4) is 0 Å². The van der Waals surface area contributed by atoms with Gasteiger partial charge in [-0.25, -0.2) is 0 Å². The maximum absolute atomic E-state index is 12.4. The van der Waals surface area contributed by atoms with Crippen LogP contribution in [0.15, 0.2) is 11.6 Å². The molecule has 2 atom stereocenters. The minimum atomic E-state index is -0.295. The Bertz CT molecular complexity index is 402. The third kappa shape index (κ3) is 2.14. The highest BCUT2D eigenvalue weighted by molar-refractivity contribution is 6.25. The highest BCUT2D eigenvalue weighted by Gasteiger charge is 2.50. The van der Waals surface area contributed by atoms with Crippen LogP contribution in [0.4, 0.5) is 0 Å². The summed E-state index contributed by atoms with van der Waals surface area (Å²) in [6, 6.07) is -0.573. The van der Waals surface area contributed by atoms with Crippen molar-refractivity contribution < 1.29 is 9.59 Å². The van der Waals surface area contributed by atoms with Crippen molar-refractivity contribution in [1.82, 2.24) is 10.2 Å². The molecule has 0 aromatic heterocycles. The van der Waals surface area contributed by atoms with E-state index in [1.807, 2.05) is 0 Å². The fourth-order valence-electron chi connectivity index (χ4n) is 2.74. The SMILES string of the molecule is O=C1NC(C2CC2)C(=O)N(C/C=C/Cl)C1C1CC1. The lowest BCUT2D eigenvalue weighted by molar-refractivity contribution is -0.150. The summed E-state index contributed by atoms with van der Waals surface area (Å²) in [6.45, 7) is 0.445. The van der Waals surface area contributed by atoms with E-state index in [4.69, 9.17) is 11.6 Å². The van der Waals surface area contributed by atoms with E-state index in [9.17, 15) is 9.59 Å². The van der Waals surface area contributed by atoms with E-state index in [-0.39, 0.29) is 23.9 Å². The van der Waals surface area contributed by atoms with Crippen LogP contribution >= 0.6 is 11.6 Å². The van der Waals surface area contributed by atoms with Gasteiger partial charge in [-0.3, -0.25) is 9.59 Å². The molecular formula is C13H17ClN2O2. The predicted octanol–water partition coefficient (Wildman–Crippen LogP) is 1.25. The van der Waals surface area contributed by atoms with Gasteiger partial charge in [0.05, 0.1) is 0 Å². The molecule has 3 aliphatic rings. The quantitative estimate of drug-likeness (QED) is 0.834. The molecule has 18 heavy (non-hydrogen) atoms. The van der Waals surface area contributed by atoms with Crippen molar-refractivity contribution in [3.63, 3.8) is 0 Å². The number of rotatable bonds is 4.